The highest BCUT2D eigenvalue weighted by Gasteiger charge is 2.15. The van der Waals surface area contributed by atoms with Gasteiger partial charge in [0.2, 0.25) is 5.91 Å². The predicted octanol–water partition coefficient (Wildman–Crippen LogP) is 3.89. The van der Waals surface area contributed by atoms with Crippen molar-refractivity contribution in [2.24, 2.45) is 0 Å². The SMILES string of the molecule is CC(=O)n1cnc2cc(C)c(Cc3nc4cc(C)c(C)cc4n3C#N)cc21. The average molecular weight is 357 g/mol. The van der Waals surface area contributed by atoms with Crippen molar-refractivity contribution in [2.75, 3.05) is 0 Å². The minimum absolute atomic E-state index is 0.0810. The van der Waals surface area contributed by atoms with E-state index in [4.69, 9.17) is 4.98 Å². The summed E-state index contributed by atoms with van der Waals surface area (Å²) in [6, 6.07) is 7.96. The number of imidazole rings is 2. The first kappa shape index (κ1) is 17.0. The van der Waals surface area contributed by atoms with Crippen molar-refractivity contribution in [3.8, 4) is 6.19 Å². The average Bonchev–Trinajstić information content (AvgIpc) is 3.16. The third-order valence-electron chi connectivity index (χ3n) is 5.13. The summed E-state index contributed by atoms with van der Waals surface area (Å²) in [7, 11) is 0. The second kappa shape index (κ2) is 6.06. The van der Waals surface area contributed by atoms with Gasteiger partial charge in [0.25, 0.3) is 0 Å². The van der Waals surface area contributed by atoms with E-state index in [0.717, 1.165) is 44.3 Å². The number of rotatable bonds is 2. The Balaban J connectivity index is 1.87. The van der Waals surface area contributed by atoms with Crippen molar-refractivity contribution >= 4 is 28.0 Å². The highest BCUT2D eigenvalue weighted by Crippen LogP contribution is 2.25. The lowest BCUT2D eigenvalue weighted by Gasteiger charge is -2.07. The molecule has 0 spiro atoms. The molecule has 4 rings (SSSR count). The quantitative estimate of drug-likeness (QED) is 0.545. The first-order valence-corrected chi connectivity index (χ1v) is 8.75. The lowest BCUT2D eigenvalue weighted by Crippen LogP contribution is -2.05. The molecule has 0 amide bonds. The molecule has 2 heterocycles. The van der Waals surface area contributed by atoms with E-state index in [9.17, 15) is 10.1 Å². The molecule has 0 N–H and O–H groups in total. The maximum absolute atomic E-state index is 11.8. The summed E-state index contributed by atoms with van der Waals surface area (Å²) in [4.78, 5) is 20.8. The number of hydrogen-bond acceptors (Lipinski definition) is 4. The van der Waals surface area contributed by atoms with Crippen molar-refractivity contribution in [3.63, 3.8) is 0 Å². The van der Waals surface area contributed by atoms with Crippen LogP contribution in [0.4, 0.5) is 0 Å². The Morgan fingerprint density at radius 2 is 1.74 bits per heavy atom. The highest BCUT2D eigenvalue weighted by atomic mass is 16.1. The molecule has 0 atom stereocenters. The van der Waals surface area contributed by atoms with E-state index in [2.05, 4.69) is 11.2 Å². The molecule has 0 saturated carbocycles. The van der Waals surface area contributed by atoms with Crippen molar-refractivity contribution in [3.05, 3.63) is 58.7 Å². The minimum Gasteiger partial charge on any atom is -0.274 e. The fraction of sp³-hybridized carbons (Fsp3) is 0.238. The Labute approximate surface area is 156 Å². The van der Waals surface area contributed by atoms with Gasteiger partial charge in [0.05, 0.1) is 22.1 Å². The molecule has 0 bridgehead atoms. The summed E-state index contributed by atoms with van der Waals surface area (Å²) in [6.45, 7) is 7.60. The van der Waals surface area contributed by atoms with Crippen LogP contribution in [0, 0.1) is 32.2 Å². The zero-order valence-corrected chi connectivity index (χ0v) is 15.7. The van der Waals surface area contributed by atoms with Crippen LogP contribution >= 0.6 is 0 Å². The number of carbonyl (C=O) groups excluding carboxylic acids is 1. The minimum atomic E-state index is -0.0810. The largest absolute Gasteiger partial charge is 0.274 e. The molecule has 0 radical (unpaired) electrons. The van der Waals surface area contributed by atoms with Crippen LogP contribution in [0.15, 0.2) is 30.6 Å². The molecule has 0 unspecified atom stereocenters. The van der Waals surface area contributed by atoms with Gasteiger partial charge >= 0.3 is 0 Å². The fourth-order valence-electron chi connectivity index (χ4n) is 3.43. The van der Waals surface area contributed by atoms with Crippen molar-refractivity contribution in [1.82, 2.24) is 19.1 Å². The van der Waals surface area contributed by atoms with Gasteiger partial charge in [-0.2, -0.15) is 5.26 Å². The smallest absolute Gasteiger partial charge is 0.229 e. The van der Waals surface area contributed by atoms with Gasteiger partial charge in [0.1, 0.15) is 12.2 Å². The lowest BCUT2D eigenvalue weighted by atomic mass is 10.0. The maximum atomic E-state index is 11.8. The molecule has 0 aliphatic rings. The maximum Gasteiger partial charge on any atom is 0.229 e. The standard InChI is InChI=1S/C21H19N5O/c1-12-5-18-19(7-13(12)2)25(10-22)21(24-18)9-16-8-20-17(6-14(16)3)23-11-26(20)15(4)27/h5-8,11H,9H2,1-4H3. The van der Waals surface area contributed by atoms with E-state index in [1.54, 1.807) is 10.9 Å². The summed E-state index contributed by atoms with van der Waals surface area (Å²) in [5.41, 5.74) is 7.56. The molecule has 27 heavy (non-hydrogen) atoms. The van der Waals surface area contributed by atoms with Crippen molar-refractivity contribution < 1.29 is 4.79 Å². The van der Waals surface area contributed by atoms with E-state index in [-0.39, 0.29) is 5.91 Å². The summed E-state index contributed by atoms with van der Waals surface area (Å²) in [5.74, 6) is 0.608. The summed E-state index contributed by atoms with van der Waals surface area (Å²) >= 11 is 0. The van der Waals surface area contributed by atoms with Gasteiger partial charge < -0.3 is 0 Å². The Bertz CT molecular complexity index is 1270. The van der Waals surface area contributed by atoms with Crippen LogP contribution in [0.5, 0.6) is 0 Å². The third kappa shape index (κ3) is 2.68. The topological polar surface area (TPSA) is 76.5 Å². The number of nitriles is 1. The third-order valence-corrected chi connectivity index (χ3v) is 5.13. The van der Waals surface area contributed by atoms with E-state index in [1.165, 1.54) is 11.5 Å². The van der Waals surface area contributed by atoms with Gasteiger partial charge in [-0.3, -0.25) is 9.36 Å². The Hall–Kier alpha value is -3.46. The van der Waals surface area contributed by atoms with Crippen LogP contribution in [0.1, 0.15) is 39.8 Å². The van der Waals surface area contributed by atoms with Gasteiger partial charge in [0.15, 0.2) is 6.19 Å². The Kier molecular flexibility index (Phi) is 3.81. The summed E-state index contributed by atoms with van der Waals surface area (Å²) in [6.07, 6.45) is 4.30. The first-order valence-electron chi connectivity index (χ1n) is 8.75. The van der Waals surface area contributed by atoms with Crippen molar-refractivity contribution in [1.29, 1.82) is 5.26 Å². The molecule has 2 aromatic heterocycles. The van der Waals surface area contributed by atoms with Gasteiger partial charge in [-0.05, 0) is 67.3 Å². The van der Waals surface area contributed by atoms with E-state index in [0.29, 0.717) is 12.2 Å². The molecule has 0 aliphatic heterocycles. The monoisotopic (exact) mass is 357 g/mol. The molecule has 6 heteroatoms. The number of hydrogen-bond donors (Lipinski definition) is 0. The number of benzene rings is 2. The molecule has 6 nitrogen and oxygen atoms in total. The van der Waals surface area contributed by atoms with Crippen LogP contribution < -0.4 is 0 Å². The van der Waals surface area contributed by atoms with Crippen LogP contribution in [-0.4, -0.2) is 25.0 Å². The molecule has 4 aromatic rings. The van der Waals surface area contributed by atoms with Gasteiger partial charge in [0, 0.05) is 13.3 Å². The van der Waals surface area contributed by atoms with Gasteiger partial charge in [-0.25, -0.2) is 14.5 Å². The van der Waals surface area contributed by atoms with Gasteiger partial charge in [-0.15, -0.1) is 0 Å². The zero-order chi connectivity index (χ0) is 19.3. The van der Waals surface area contributed by atoms with Crippen LogP contribution in [0.3, 0.4) is 0 Å². The molecular formula is C21H19N5O. The van der Waals surface area contributed by atoms with Crippen LogP contribution in [0.2, 0.25) is 0 Å². The summed E-state index contributed by atoms with van der Waals surface area (Å²) in [5, 5.41) is 9.68. The molecule has 2 aromatic carbocycles. The molecule has 0 saturated heterocycles. The number of nitrogens with zero attached hydrogens (tertiary/aromatic N) is 5. The normalized spacial score (nSPS) is 11.2. The molecule has 134 valence electrons. The number of aryl methyl sites for hydroxylation is 3. The van der Waals surface area contributed by atoms with E-state index < -0.39 is 0 Å². The molecular weight excluding hydrogens is 338 g/mol. The number of fused-ring (bicyclic) bond motifs is 2. The second-order valence-electron chi connectivity index (χ2n) is 6.97. The summed E-state index contributed by atoms with van der Waals surface area (Å²) < 4.78 is 3.13. The number of aromatic nitrogens is 4. The second-order valence-corrected chi connectivity index (χ2v) is 6.97. The highest BCUT2D eigenvalue weighted by molar-refractivity contribution is 5.89. The predicted molar refractivity (Wildman–Crippen MR) is 104 cm³/mol. The Morgan fingerprint density at radius 1 is 1.04 bits per heavy atom. The van der Waals surface area contributed by atoms with Crippen LogP contribution in [-0.2, 0) is 6.42 Å². The van der Waals surface area contributed by atoms with E-state index >= 15 is 0 Å². The van der Waals surface area contributed by atoms with Gasteiger partial charge in [-0.1, -0.05) is 0 Å². The van der Waals surface area contributed by atoms with Crippen LogP contribution in [0.25, 0.3) is 22.1 Å². The zero-order valence-electron chi connectivity index (χ0n) is 15.7. The molecule has 0 aliphatic carbocycles. The molecule has 0 fully saturated rings. The number of carbonyl (C=O) groups is 1. The Morgan fingerprint density at radius 3 is 2.44 bits per heavy atom. The lowest BCUT2D eigenvalue weighted by molar-refractivity contribution is 0.0941. The van der Waals surface area contributed by atoms with E-state index in [1.807, 2.05) is 45.0 Å². The first-order chi connectivity index (χ1) is 12.9. The van der Waals surface area contributed by atoms with Crippen molar-refractivity contribution in [2.45, 2.75) is 34.1 Å². The fourth-order valence-corrected chi connectivity index (χ4v) is 3.43.